The summed E-state index contributed by atoms with van der Waals surface area (Å²) < 4.78 is 26.7. The van der Waals surface area contributed by atoms with E-state index in [4.69, 9.17) is 0 Å². The molecule has 1 N–H and O–H groups in total. The second kappa shape index (κ2) is 5.13. The number of carbonyl (C=O) groups excluding carboxylic acids is 1. The third-order valence-electron chi connectivity index (χ3n) is 2.68. The van der Waals surface area contributed by atoms with Crippen LogP contribution in [0.1, 0.15) is 21.7 Å². The normalized spacial score (nSPS) is 10.5. The number of aromatic amines is 1. The van der Waals surface area contributed by atoms with Gasteiger partial charge in [0.15, 0.2) is 0 Å². The molecule has 2 rings (SSSR count). The van der Waals surface area contributed by atoms with Crippen molar-refractivity contribution in [2.45, 2.75) is 13.5 Å². The Labute approximate surface area is 108 Å². The van der Waals surface area contributed by atoms with Crippen molar-refractivity contribution in [3.05, 3.63) is 47.0 Å². The van der Waals surface area contributed by atoms with Gasteiger partial charge in [0.2, 0.25) is 0 Å². The van der Waals surface area contributed by atoms with E-state index in [1.165, 1.54) is 31.3 Å². The number of H-pyrrole nitrogens is 1. The number of halogens is 2. The van der Waals surface area contributed by atoms with Crippen LogP contribution in [0.25, 0.3) is 0 Å². The second-order valence-electron chi connectivity index (χ2n) is 4.17. The highest BCUT2D eigenvalue weighted by atomic mass is 19.1. The van der Waals surface area contributed by atoms with E-state index in [2.05, 4.69) is 15.2 Å². The summed E-state index contributed by atoms with van der Waals surface area (Å²) in [4.78, 5) is 17.2. The summed E-state index contributed by atoms with van der Waals surface area (Å²) in [6, 6.07) is 1.91. The molecule has 0 bridgehead atoms. The lowest BCUT2D eigenvalue weighted by Crippen LogP contribution is -2.27. The van der Waals surface area contributed by atoms with Crippen LogP contribution in [-0.2, 0) is 6.54 Å². The van der Waals surface area contributed by atoms with Gasteiger partial charge in [0.1, 0.15) is 23.8 Å². The van der Waals surface area contributed by atoms with Gasteiger partial charge >= 0.3 is 0 Å². The second-order valence-corrected chi connectivity index (χ2v) is 4.17. The van der Waals surface area contributed by atoms with E-state index in [0.29, 0.717) is 11.9 Å². The highest BCUT2D eigenvalue weighted by molar-refractivity contribution is 5.94. The molecule has 2 aromatic rings. The molecule has 0 saturated carbocycles. The molecule has 1 amide bonds. The zero-order chi connectivity index (χ0) is 14.0. The van der Waals surface area contributed by atoms with Crippen LogP contribution < -0.4 is 0 Å². The Kier molecular flexibility index (Phi) is 3.55. The van der Waals surface area contributed by atoms with Crippen LogP contribution in [0.2, 0.25) is 0 Å². The summed E-state index contributed by atoms with van der Waals surface area (Å²) in [5, 5.41) is 6.25. The molecule has 0 atom stereocenters. The third kappa shape index (κ3) is 2.75. The number of carbonyl (C=O) groups is 1. The molecule has 0 fully saturated rings. The van der Waals surface area contributed by atoms with E-state index in [9.17, 15) is 13.6 Å². The molecule has 0 aliphatic rings. The van der Waals surface area contributed by atoms with Gasteiger partial charge in [-0.2, -0.15) is 5.10 Å². The average molecular weight is 266 g/mol. The van der Waals surface area contributed by atoms with Crippen molar-refractivity contribution in [1.82, 2.24) is 20.1 Å². The van der Waals surface area contributed by atoms with Crippen molar-refractivity contribution in [2.75, 3.05) is 7.05 Å². The molecule has 0 spiro atoms. The summed E-state index contributed by atoms with van der Waals surface area (Å²) in [5.74, 6) is -1.61. The number of rotatable bonds is 3. The van der Waals surface area contributed by atoms with E-state index in [1.807, 2.05) is 0 Å². The maximum absolute atomic E-state index is 13.6. The van der Waals surface area contributed by atoms with E-state index in [-0.39, 0.29) is 17.7 Å². The Bertz CT molecular complexity index is 598. The first-order chi connectivity index (χ1) is 8.99. The van der Waals surface area contributed by atoms with Crippen LogP contribution >= 0.6 is 0 Å². The number of benzene rings is 1. The molecule has 0 aliphatic carbocycles. The number of aryl methyl sites for hydroxylation is 1. The molecule has 0 aliphatic heterocycles. The molecule has 1 aromatic carbocycles. The Morgan fingerprint density at radius 1 is 1.37 bits per heavy atom. The van der Waals surface area contributed by atoms with Gasteiger partial charge in [-0.1, -0.05) is 0 Å². The monoisotopic (exact) mass is 266 g/mol. The topological polar surface area (TPSA) is 61.9 Å². The zero-order valence-corrected chi connectivity index (χ0v) is 10.4. The van der Waals surface area contributed by atoms with Crippen molar-refractivity contribution in [3.63, 3.8) is 0 Å². The van der Waals surface area contributed by atoms with Crippen molar-refractivity contribution in [2.24, 2.45) is 0 Å². The first kappa shape index (κ1) is 13.1. The number of hydrogen-bond donors (Lipinski definition) is 1. The smallest absolute Gasteiger partial charge is 0.256 e. The van der Waals surface area contributed by atoms with Crippen LogP contribution in [0.4, 0.5) is 8.78 Å². The minimum Gasteiger partial charge on any atom is -0.334 e. The SMILES string of the molecule is Cc1cc(C(=O)N(C)Cc2ncn[nH]2)c(F)cc1F. The minimum absolute atomic E-state index is 0.161. The molecule has 5 nitrogen and oxygen atoms in total. The predicted molar refractivity (Wildman–Crippen MR) is 63.3 cm³/mol. The fraction of sp³-hybridized carbons (Fsp3) is 0.250. The Morgan fingerprint density at radius 2 is 2.11 bits per heavy atom. The first-order valence-corrected chi connectivity index (χ1v) is 5.54. The molecule has 0 radical (unpaired) electrons. The summed E-state index contributed by atoms with van der Waals surface area (Å²) in [5.41, 5.74) is 0.0544. The lowest BCUT2D eigenvalue weighted by Gasteiger charge is -2.16. The van der Waals surface area contributed by atoms with Crippen molar-refractivity contribution >= 4 is 5.91 Å². The minimum atomic E-state index is -0.877. The lowest BCUT2D eigenvalue weighted by molar-refractivity contribution is 0.0777. The molecule has 1 heterocycles. The average Bonchev–Trinajstić information content (AvgIpc) is 2.85. The molecule has 100 valence electrons. The Balaban J connectivity index is 2.21. The molecule has 1 aromatic heterocycles. The van der Waals surface area contributed by atoms with Crippen LogP contribution in [0, 0.1) is 18.6 Å². The molecule has 0 unspecified atom stereocenters. The van der Waals surface area contributed by atoms with Gasteiger partial charge in [-0.05, 0) is 18.6 Å². The highest BCUT2D eigenvalue weighted by Gasteiger charge is 2.19. The summed E-state index contributed by atoms with van der Waals surface area (Å²) in [7, 11) is 1.50. The molecular formula is C12H12F2N4O. The van der Waals surface area contributed by atoms with Gasteiger partial charge in [-0.3, -0.25) is 9.89 Å². The lowest BCUT2D eigenvalue weighted by atomic mass is 10.1. The number of amides is 1. The maximum Gasteiger partial charge on any atom is 0.256 e. The standard InChI is InChI=1S/C12H12F2N4O/c1-7-3-8(10(14)4-9(7)13)12(19)18(2)5-11-15-6-16-17-11/h3-4,6H,5H2,1-2H3,(H,15,16,17). The van der Waals surface area contributed by atoms with Gasteiger partial charge in [-0.25, -0.2) is 13.8 Å². The zero-order valence-electron chi connectivity index (χ0n) is 10.4. The maximum atomic E-state index is 13.6. The van der Waals surface area contributed by atoms with Crippen LogP contribution in [0.5, 0.6) is 0 Å². The fourth-order valence-corrected chi connectivity index (χ4v) is 1.63. The first-order valence-electron chi connectivity index (χ1n) is 5.54. The predicted octanol–water partition coefficient (Wildman–Crippen LogP) is 1.66. The number of nitrogens with zero attached hydrogens (tertiary/aromatic N) is 3. The summed E-state index contributed by atoms with van der Waals surface area (Å²) in [6.45, 7) is 1.64. The van der Waals surface area contributed by atoms with Gasteiger partial charge in [0.05, 0.1) is 12.1 Å². The van der Waals surface area contributed by atoms with E-state index >= 15 is 0 Å². The van der Waals surface area contributed by atoms with Crippen LogP contribution in [0.3, 0.4) is 0 Å². The van der Waals surface area contributed by atoms with Gasteiger partial charge in [-0.15, -0.1) is 0 Å². The highest BCUT2D eigenvalue weighted by Crippen LogP contribution is 2.16. The third-order valence-corrected chi connectivity index (χ3v) is 2.68. The van der Waals surface area contributed by atoms with E-state index in [0.717, 1.165) is 0 Å². The molecule has 0 saturated heterocycles. The fourth-order valence-electron chi connectivity index (χ4n) is 1.63. The molecule has 19 heavy (non-hydrogen) atoms. The summed E-state index contributed by atoms with van der Waals surface area (Å²) >= 11 is 0. The van der Waals surface area contributed by atoms with Crippen LogP contribution in [-0.4, -0.2) is 33.0 Å². The van der Waals surface area contributed by atoms with Crippen molar-refractivity contribution < 1.29 is 13.6 Å². The van der Waals surface area contributed by atoms with Crippen LogP contribution in [0.15, 0.2) is 18.5 Å². The quantitative estimate of drug-likeness (QED) is 0.919. The summed E-state index contributed by atoms with van der Waals surface area (Å²) in [6.07, 6.45) is 1.32. The Hall–Kier alpha value is -2.31. The molecule has 7 heteroatoms. The van der Waals surface area contributed by atoms with E-state index < -0.39 is 17.5 Å². The Morgan fingerprint density at radius 3 is 2.74 bits per heavy atom. The molecular weight excluding hydrogens is 254 g/mol. The van der Waals surface area contributed by atoms with Gasteiger partial charge < -0.3 is 4.90 Å². The van der Waals surface area contributed by atoms with Crippen molar-refractivity contribution in [3.8, 4) is 0 Å². The van der Waals surface area contributed by atoms with Gasteiger partial charge in [0, 0.05) is 13.1 Å². The van der Waals surface area contributed by atoms with Gasteiger partial charge in [0.25, 0.3) is 5.91 Å². The van der Waals surface area contributed by atoms with E-state index in [1.54, 1.807) is 0 Å². The number of aromatic nitrogens is 3. The largest absolute Gasteiger partial charge is 0.334 e. The number of nitrogens with one attached hydrogen (secondary N) is 1. The van der Waals surface area contributed by atoms with Crippen molar-refractivity contribution in [1.29, 1.82) is 0 Å². The number of hydrogen-bond acceptors (Lipinski definition) is 3.